The van der Waals surface area contributed by atoms with Gasteiger partial charge in [-0.3, -0.25) is 0 Å². The van der Waals surface area contributed by atoms with Gasteiger partial charge >= 0.3 is 0 Å². The van der Waals surface area contributed by atoms with Gasteiger partial charge < -0.3 is 10.0 Å². The number of hydrogen-bond donors (Lipinski definition) is 1. The van der Waals surface area contributed by atoms with Crippen LogP contribution in [0.3, 0.4) is 0 Å². The summed E-state index contributed by atoms with van der Waals surface area (Å²) in [5.74, 6) is -0.231. The molecule has 112 valence electrons. The lowest BCUT2D eigenvalue weighted by Gasteiger charge is -2.24. The summed E-state index contributed by atoms with van der Waals surface area (Å²) in [4.78, 5) is 2.07. The van der Waals surface area contributed by atoms with Crippen molar-refractivity contribution < 1.29 is 9.50 Å². The quantitative estimate of drug-likeness (QED) is 0.865. The van der Waals surface area contributed by atoms with Gasteiger partial charge in [-0.25, -0.2) is 4.39 Å². The number of aliphatic hydroxyl groups is 1. The minimum absolute atomic E-state index is 0.231. The van der Waals surface area contributed by atoms with E-state index in [1.54, 1.807) is 6.07 Å². The van der Waals surface area contributed by atoms with Crippen LogP contribution in [0.15, 0.2) is 48.5 Å². The van der Waals surface area contributed by atoms with E-state index in [0.29, 0.717) is 13.0 Å². The summed E-state index contributed by atoms with van der Waals surface area (Å²) in [5, 5.41) is 10.3. The highest BCUT2D eigenvalue weighted by molar-refractivity contribution is 5.46. The van der Waals surface area contributed by atoms with Crippen molar-refractivity contribution in [1.82, 2.24) is 0 Å². The van der Waals surface area contributed by atoms with Crippen molar-refractivity contribution >= 4 is 5.69 Å². The zero-order valence-electron chi connectivity index (χ0n) is 12.6. The molecule has 2 nitrogen and oxygen atoms in total. The number of benzene rings is 2. The molecule has 0 aliphatic rings. The summed E-state index contributed by atoms with van der Waals surface area (Å²) >= 11 is 0. The fraction of sp³-hybridized carbons (Fsp3) is 0.333. The Kier molecular flexibility index (Phi) is 5.34. The van der Waals surface area contributed by atoms with Crippen molar-refractivity contribution in [2.45, 2.75) is 26.4 Å². The molecule has 1 unspecified atom stereocenters. The number of aryl methyl sites for hydroxylation is 1. The van der Waals surface area contributed by atoms with Gasteiger partial charge in [-0.15, -0.1) is 0 Å². The second-order valence-corrected chi connectivity index (χ2v) is 5.27. The zero-order valence-corrected chi connectivity index (χ0v) is 12.6. The molecule has 0 spiro atoms. The van der Waals surface area contributed by atoms with Crippen LogP contribution in [-0.2, 0) is 0 Å². The number of aliphatic hydroxyl groups excluding tert-OH is 1. The molecule has 0 heterocycles. The Morgan fingerprint density at radius 2 is 1.86 bits per heavy atom. The van der Waals surface area contributed by atoms with Crippen LogP contribution in [0.25, 0.3) is 0 Å². The van der Waals surface area contributed by atoms with Gasteiger partial charge in [0.15, 0.2) is 0 Å². The van der Waals surface area contributed by atoms with E-state index in [-0.39, 0.29) is 5.82 Å². The van der Waals surface area contributed by atoms with Gasteiger partial charge in [0.1, 0.15) is 5.82 Å². The van der Waals surface area contributed by atoms with Crippen molar-refractivity contribution in [1.29, 1.82) is 0 Å². The minimum atomic E-state index is -0.492. The third kappa shape index (κ3) is 4.30. The van der Waals surface area contributed by atoms with E-state index >= 15 is 0 Å². The Hall–Kier alpha value is -1.87. The predicted octanol–water partition coefficient (Wildman–Crippen LogP) is 4.08. The second-order valence-electron chi connectivity index (χ2n) is 5.27. The second kappa shape index (κ2) is 7.23. The highest BCUT2D eigenvalue weighted by Gasteiger charge is 2.11. The number of rotatable bonds is 6. The van der Waals surface area contributed by atoms with Gasteiger partial charge in [0.05, 0.1) is 6.10 Å². The number of nitrogens with zero attached hydrogens (tertiary/aromatic N) is 1. The highest BCUT2D eigenvalue weighted by atomic mass is 19.1. The van der Waals surface area contributed by atoms with E-state index in [1.807, 2.05) is 44.2 Å². The molecule has 0 saturated heterocycles. The van der Waals surface area contributed by atoms with E-state index in [0.717, 1.165) is 17.8 Å². The first kappa shape index (κ1) is 15.5. The lowest BCUT2D eigenvalue weighted by Crippen LogP contribution is -2.25. The molecule has 2 rings (SSSR count). The molecule has 1 atom stereocenters. The summed E-state index contributed by atoms with van der Waals surface area (Å²) in [6, 6.07) is 14.5. The molecule has 21 heavy (non-hydrogen) atoms. The minimum Gasteiger partial charge on any atom is -0.388 e. The van der Waals surface area contributed by atoms with Crippen molar-refractivity contribution in [3.05, 3.63) is 65.5 Å². The monoisotopic (exact) mass is 287 g/mol. The maximum absolute atomic E-state index is 13.3. The summed E-state index contributed by atoms with van der Waals surface area (Å²) in [6.07, 6.45) is 0.126. The number of hydrogen-bond acceptors (Lipinski definition) is 2. The smallest absolute Gasteiger partial charge is 0.125 e. The Morgan fingerprint density at radius 1 is 1.14 bits per heavy atom. The van der Waals surface area contributed by atoms with E-state index in [4.69, 9.17) is 0 Å². The fourth-order valence-electron chi connectivity index (χ4n) is 2.38. The Bertz CT molecular complexity index is 568. The SMILES string of the molecule is CCN(CCC(O)c1ccc(C)cc1)c1cccc(F)c1. The molecule has 0 fully saturated rings. The molecular weight excluding hydrogens is 265 g/mol. The maximum Gasteiger partial charge on any atom is 0.125 e. The van der Waals surface area contributed by atoms with E-state index in [1.165, 1.54) is 17.7 Å². The Labute approximate surface area is 125 Å². The average molecular weight is 287 g/mol. The maximum atomic E-state index is 13.3. The van der Waals surface area contributed by atoms with Crippen LogP contribution in [0.5, 0.6) is 0 Å². The molecule has 0 saturated carbocycles. The molecule has 2 aromatic rings. The topological polar surface area (TPSA) is 23.5 Å². The van der Waals surface area contributed by atoms with Gasteiger partial charge in [0, 0.05) is 18.8 Å². The largest absolute Gasteiger partial charge is 0.388 e. The molecule has 0 aliphatic heterocycles. The number of anilines is 1. The predicted molar refractivity (Wildman–Crippen MR) is 85.0 cm³/mol. The number of halogens is 1. The van der Waals surface area contributed by atoms with Crippen LogP contribution < -0.4 is 4.90 Å². The van der Waals surface area contributed by atoms with Crippen LogP contribution in [0.2, 0.25) is 0 Å². The first-order valence-electron chi connectivity index (χ1n) is 7.35. The molecule has 3 heteroatoms. The van der Waals surface area contributed by atoms with Crippen LogP contribution in [0.4, 0.5) is 10.1 Å². The molecule has 2 aromatic carbocycles. The zero-order chi connectivity index (χ0) is 15.2. The van der Waals surface area contributed by atoms with E-state index in [9.17, 15) is 9.50 Å². The van der Waals surface area contributed by atoms with Crippen LogP contribution in [-0.4, -0.2) is 18.2 Å². The van der Waals surface area contributed by atoms with Crippen molar-refractivity contribution in [3.8, 4) is 0 Å². The van der Waals surface area contributed by atoms with Crippen molar-refractivity contribution in [2.24, 2.45) is 0 Å². The first-order chi connectivity index (χ1) is 10.1. The Balaban J connectivity index is 1.98. The Morgan fingerprint density at radius 3 is 2.48 bits per heavy atom. The molecule has 0 aromatic heterocycles. The molecule has 0 bridgehead atoms. The normalized spacial score (nSPS) is 12.2. The van der Waals surface area contributed by atoms with Crippen molar-refractivity contribution in [2.75, 3.05) is 18.0 Å². The third-order valence-corrected chi connectivity index (χ3v) is 3.69. The summed E-state index contributed by atoms with van der Waals surface area (Å²) in [5.41, 5.74) is 2.96. The van der Waals surface area contributed by atoms with Gasteiger partial charge in [-0.05, 0) is 44.0 Å². The highest BCUT2D eigenvalue weighted by Crippen LogP contribution is 2.21. The van der Waals surface area contributed by atoms with E-state index < -0.39 is 6.10 Å². The molecule has 0 amide bonds. The van der Waals surface area contributed by atoms with Gasteiger partial charge in [0.25, 0.3) is 0 Å². The third-order valence-electron chi connectivity index (χ3n) is 3.69. The van der Waals surface area contributed by atoms with Gasteiger partial charge in [-0.2, -0.15) is 0 Å². The van der Waals surface area contributed by atoms with Gasteiger partial charge in [0.2, 0.25) is 0 Å². The molecule has 0 radical (unpaired) electrons. The van der Waals surface area contributed by atoms with Crippen LogP contribution >= 0.6 is 0 Å². The first-order valence-corrected chi connectivity index (χ1v) is 7.35. The summed E-state index contributed by atoms with van der Waals surface area (Å²) < 4.78 is 13.3. The van der Waals surface area contributed by atoms with Gasteiger partial charge in [-0.1, -0.05) is 35.9 Å². The lowest BCUT2D eigenvalue weighted by molar-refractivity contribution is 0.169. The summed E-state index contributed by atoms with van der Waals surface area (Å²) in [7, 11) is 0. The lowest BCUT2D eigenvalue weighted by atomic mass is 10.0. The van der Waals surface area contributed by atoms with Crippen LogP contribution in [0.1, 0.15) is 30.6 Å². The summed E-state index contributed by atoms with van der Waals surface area (Å²) in [6.45, 7) is 5.53. The molecule has 0 aliphatic carbocycles. The van der Waals surface area contributed by atoms with Crippen LogP contribution in [0, 0.1) is 12.7 Å². The average Bonchev–Trinajstić information content (AvgIpc) is 2.48. The van der Waals surface area contributed by atoms with E-state index in [2.05, 4.69) is 4.90 Å². The van der Waals surface area contributed by atoms with Crippen molar-refractivity contribution in [3.63, 3.8) is 0 Å². The standard InChI is InChI=1S/C18H22FNO/c1-3-20(17-6-4-5-16(19)13-17)12-11-18(21)15-9-7-14(2)8-10-15/h4-10,13,18,21H,3,11-12H2,1-2H3. The molecular formula is C18H22FNO. The fourth-order valence-corrected chi connectivity index (χ4v) is 2.38. The molecule has 1 N–H and O–H groups in total.